The minimum atomic E-state index is -5.21. The van der Waals surface area contributed by atoms with Crippen molar-refractivity contribution in [2.75, 3.05) is 55.9 Å². The van der Waals surface area contributed by atoms with Crippen molar-refractivity contribution in [3.05, 3.63) is 77.5 Å². The predicted octanol–water partition coefficient (Wildman–Crippen LogP) is 10.6. The van der Waals surface area contributed by atoms with Crippen LogP contribution in [0.25, 0.3) is 0 Å². The van der Waals surface area contributed by atoms with Gasteiger partial charge < -0.3 is 32.9 Å². The number of rotatable bonds is 32. The standard InChI is InChI=1S/C51H74F6N4O13P2S2/c1-37(2)61(38(3)4)75(74-47(63)51(55,56)57)71-31-16-9-10-17-32-72-76(64,73-33-18-13-28-58-46(62)50(52,53)54)39-26-27-43-41(36-39)49(7,8)45(60(43)30-15-20-35-78(68,69)70)25-21-24-44-48(5,6)40-22-11-12-23-42(40)59(44)29-14-19-34-77(65,66)67/h11-12,21-27,36-38H,9-10,13-20,28-35H2,1-8H3,(H2-,58,62,65,66,67,68,69,70). The Labute approximate surface area is 456 Å². The van der Waals surface area contributed by atoms with Crippen molar-refractivity contribution in [1.29, 1.82) is 0 Å². The molecule has 2 aromatic rings. The Balaban J connectivity index is 1.62. The van der Waals surface area contributed by atoms with E-state index in [0.29, 0.717) is 56.3 Å². The van der Waals surface area contributed by atoms with Crippen molar-refractivity contribution in [2.45, 2.75) is 155 Å². The van der Waals surface area contributed by atoms with E-state index in [1.807, 2.05) is 61.2 Å². The first kappa shape index (κ1) is 66.7. The van der Waals surface area contributed by atoms with Gasteiger partial charge in [0.1, 0.15) is 6.54 Å². The molecule has 0 saturated carbocycles. The van der Waals surface area contributed by atoms with Gasteiger partial charge in [-0.3, -0.25) is 13.9 Å². The number of carbonyl (C=O) groups is 2. The van der Waals surface area contributed by atoms with E-state index in [9.17, 15) is 66.4 Å². The number of benzene rings is 2. The quantitative estimate of drug-likeness (QED) is 0.0229. The first-order valence-electron chi connectivity index (χ1n) is 25.8. The zero-order valence-electron chi connectivity index (χ0n) is 45.3. The van der Waals surface area contributed by atoms with Crippen molar-refractivity contribution in [1.82, 2.24) is 9.99 Å². The molecule has 0 spiro atoms. The summed E-state index contributed by atoms with van der Waals surface area (Å²) in [6.45, 7) is 15.1. The molecule has 2 unspecified atom stereocenters. The van der Waals surface area contributed by atoms with Crippen LogP contribution >= 0.6 is 16.1 Å². The summed E-state index contributed by atoms with van der Waals surface area (Å²) >= 11 is 0. The van der Waals surface area contributed by atoms with Gasteiger partial charge in [-0.1, -0.05) is 51.0 Å². The number of allylic oxidation sites excluding steroid dienone is 4. The Hall–Kier alpha value is -3.77. The fraction of sp³-hybridized carbons (Fsp3) is 0.627. The third-order valence-electron chi connectivity index (χ3n) is 13.1. The van der Waals surface area contributed by atoms with Gasteiger partial charge in [0.25, 0.3) is 10.1 Å². The molecule has 27 heteroatoms. The van der Waals surface area contributed by atoms with E-state index < -0.39 is 77.2 Å². The summed E-state index contributed by atoms with van der Waals surface area (Å²) in [6.07, 6.45) is -1.61. The van der Waals surface area contributed by atoms with Crippen LogP contribution in [0.4, 0.5) is 37.7 Å². The van der Waals surface area contributed by atoms with Crippen molar-refractivity contribution in [3.63, 3.8) is 0 Å². The van der Waals surface area contributed by atoms with Crippen molar-refractivity contribution in [3.8, 4) is 0 Å². The van der Waals surface area contributed by atoms with Gasteiger partial charge in [0.2, 0.25) is 5.69 Å². The molecule has 0 fully saturated rings. The maximum absolute atomic E-state index is 15.0. The lowest BCUT2D eigenvalue weighted by Crippen LogP contribution is -2.37. The molecule has 2 aliphatic heterocycles. The number of para-hydroxylation sites is 1. The molecule has 78 heavy (non-hydrogen) atoms. The second-order valence-electron chi connectivity index (χ2n) is 20.6. The van der Waals surface area contributed by atoms with Crippen molar-refractivity contribution < 1.29 is 89.1 Å². The fourth-order valence-electron chi connectivity index (χ4n) is 9.31. The molecular weight excluding hydrogens is 1120 g/mol. The number of alkyl halides is 6. The van der Waals surface area contributed by atoms with Crippen LogP contribution in [-0.2, 0) is 63.3 Å². The Morgan fingerprint density at radius 3 is 2.00 bits per heavy atom. The van der Waals surface area contributed by atoms with Gasteiger partial charge in [0.05, 0.1) is 46.4 Å². The molecule has 2 heterocycles. The average Bonchev–Trinajstić information content (AvgIpc) is 3.84. The van der Waals surface area contributed by atoms with Gasteiger partial charge in [-0.25, -0.2) is 17.9 Å². The van der Waals surface area contributed by atoms with Gasteiger partial charge in [-0.15, -0.1) is 0 Å². The van der Waals surface area contributed by atoms with E-state index in [1.54, 1.807) is 55.9 Å². The number of unbranched alkanes of at least 4 members (excludes halogenated alkanes) is 6. The SMILES string of the molecule is CC(C)N(C(C)C)P(OCCCCCCOP(=O)(OCCCCNC(=O)C(F)(F)F)c1ccc2c(c1)C(C)(C)/C(=C/C=C/C1=[N+](CCCCS(=O)(=O)O)c3ccccc3C1(C)C)N2CCCCS(=O)(=O)[O-])OC(=O)C(F)(F)F. The van der Waals surface area contributed by atoms with Crippen molar-refractivity contribution >= 4 is 70.6 Å². The van der Waals surface area contributed by atoms with E-state index in [0.717, 1.165) is 22.7 Å². The van der Waals surface area contributed by atoms with Gasteiger partial charge >= 0.3 is 40.4 Å². The fourth-order valence-corrected chi connectivity index (χ4v) is 13.7. The maximum Gasteiger partial charge on any atom is 0.491 e. The second kappa shape index (κ2) is 28.3. The van der Waals surface area contributed by atoms with Crippen LogP contribution in [0, 0.1) is 0 Å². The smallest absolute Gasteiger partial charge is 0.491 e. The van der Waals surface area contributed by atoms with Gasteiger partial charge in [0, 0.05) is 71.9 Å². The molecule has 0 radical (unpaired) electrons. The number of hydrogen-bond donors (Lipinski definition) is 2. The third-order valence-corrected chi connectivity index (χ3v) is 18.7. The summed E-state index contributed by atoms with van der Waals surface area (Å²) < 4.78 is 186. The first-order valence-corrected chi connectivity index (χ1v) is 31.7. The molecule has 0 aromatic heterocycles. The minimum absolute atomic E-state index is 0.0311. The molecular formula is C51H74F6N4O13P2S2. The topological polar surface area (TPSA) is 221 Å². The van der Waals surface area contributed by atoms with Crippen LogP contribution in [0.2, 0.25) is 0 Å². The highest BCUT2D eigenvalue weighted by Crippen LogP contribution is 2.53. The lowest BCUT2D eigenvalue weighted by atomic mass is 9.81. The van der Waals surface area contributed by atoms with Crippen LogP contribution in [0.15, 0.2) is 66.4 Å². The summed E-state index contributed by atoms with van der Waals surface area (Å²) in [5.74, 6) is -5.40. The zero-order chi connectivity index (χ0) is 58.5. The summed E-state index contributed by atoms with van der Waals surface area (Å²) in [5.41, 5.74) is 3.75. The van der Waals surface area contributed by atoms with E-state index in [2.05, 4.69) is 18.4 Å². The van der Waals surface area contributed by atoms with E-state index in [4.69, 9.17) is 18.1 Å². The average molecular weight is 1190 g/mol. The van der Waals surface area contributed by atoms with Gasteiger partial charge in [-0.2, -0.15) is 39.3 Å². The zero-order valence-corrected chi connectivity index (χ0v) is 48.7. The second-order valence-corrected chi connectivity index (χ2v) is 27.1. The lowest BCUT2D eigenvalue weighted by molar-refractivity contribution is -0.438. The van der Waals surface area contributed by atoms with Crippen LogP contribution in [-0.4, -0.2) is 128 Å². The summed E-state index contributed by atoms with van der Waals surface area (Å²) in [4.78, 5) is 25.1. The number of hydrogen-bond acceptors (Lipinski definition) is 14. The molecule has 440 valence electrons. The molecule has 2 atom stereocenters. The Kier molecular flexibility index (Phi) is 24.2. The number of fused-ring (bicyclic) bond motifs is 2. The van der Waals surface area contributed by atoms with Crippen LogP contribution in [0.1, 0.15) is 131 Å². The van der Waals surface area contributed by atoms with Crippen LogP contribution < -0.4 is 15.5 Å². The van der Waals surface area contributed by atoms with E-state index in [-0.39, 0.29) is 81.7 Å². The predicted molar refractivity (Wildman–Crippen MR) is 286 cm³/mol. The Morgan fingerprint density at radius 2 is 1.41 bits per heavy atom. The Bertz CT molecular complexity index is 2750. The van der Waals surface area contributed by atoms with E-state index in [1.165, 1.54) is 0 Å². The number of carbonyl (C=O) groups excluding carboxylic acids is 2. The highest BCUT2D eigenvalue weighted by Gasteiger charge is 2.47. The summed E-state index contributed by atoms with van der Waals surface area (Å²) in [7, 11) is -15.3. The maximum atomic E-state index is 15.0. The molecule has 0 aliphatic carbocycles. The van der Waals surface area contributed by atoms with Gasteiger partial charge in [0.15, 0.2) is 5.71 Å². The molecule has 2 aliphatic rings. The molecule has 2 aromatic carbocycles. The third kappa shape index (κ3) is 19.2. The van der Waals surface area contributed by atoms with Crippen LogP contribution in [0.5, 0.6) is 0 Å². The highest BCUT2D eigenvalue weighted by atomic mass is 32.2. The first-order chi connectivity index (χ1) is 36.1. The lowest BCUT2D eigenvalue weighted by Gasteiger charge is -2.34. The Morgan fingerprint density at radius 1 is 0.808 bits per heavy atom. The van der Waals surface area contributed by atoms with E-state index >= 15 is 0 Å². The molecule has 0 bridgehead atoms. The molecule has 0 saturated heterocycles. The number of nitrogens with zero attached hydrogens (tertiary/aromatic N) is 3. The summed E-state index contributed by atoms with van der Waals surface area (Å²) in [6, 6.07) is 12.2. The minimum Gasteiger partial charge on any atom is -0.748 e. The molecule has 1 amide bonds. The number of anilines is 1. The molecule has 17 nitrogen and oxygen atoms in total. The molecule has 2 N–H and O–H groups in total. The summed E-state index contributed by atoms with van der Waals surface area (Å²) in [5, 5.41) is 1.95. The van der Waals surface area contributed by atoms with Crippen LogP contribution in [0.3, 0.4) is 0 Å². The number of amides is 1. The van der Waals surface area contributed by atoms with Crippen molar-refractivity contribution in [2.24, 2.45) is 0 Å². The number of nitrogens with one attached hydrogen (secondary N) is 1. The monoisotopic (exact) mass is 1190 g/mol. The number of halogens is 6. The van der Waals surface area contributed by atoms with Gasteiger partial charge in [-0.05, 0) is 116 Å². The normalized spacial score (nSPS) is 17.4. The highest BCUT2D eigenvalue weighted by molar-refractivity contribution is 7.85. The molecule has 4 rings (SSSR count). The largest absolute Gasteiger partial charge is 0.748 e.